The Balaban J connectivity index is 1.97. The minimum Gasteiger partial charge on any atom is -0.492 e. The number of hydrogen-bond donors (Lipinski definition) is 0. The third-order valence-corrected chi connectivity index (χ3v) is 4.10. The summed E-state index contributed by atoms with van der Waals surface area (Å²) in [5.74, 6) is 0.166. The first kappa shape index (κ1) is 16.5. The van der Waals surface area contributed by atoms with Gasteiger partial charge in [0.25, 0.3) is 0 Å². The maximum Gasteiger partial charge on any atom is 0.310 e. The van der Waals surface area contributed by atoms with Crippen LogP contribution in [0.15, 0.2) is 36.4 Å². The van der Waals surface area contributed by atoms with Crippen LogP contribution >= 0.6 is 11.6 Å². The van der Waals surface area contributed by atoms with Gasteiger partial charge in [-0.05, 0) is 48.4 Å². The first-order chi connectivity index (χ1) is 11.6. The molecule has 0 spiro atoms. The van der Waals surface area contributed by atoms with Gasteiger partial charge in [0, 0.05) is 17.0 Å². The smallest absolute Gasteiger partial charge is 0.310 e. The van der Waals surface area contributed by atoms with Gasteiger partial charge in [0.2, 0.25) is 0 Å². The summed E-state index contributed by atoms with van der Waals surface area (Å²) in [6.07, 6.45) is 0.870. The van der Waals surface area contributed by atoms with Crippen LogP contribution in [0.4, 0.5) is 0 Å². The Labute approximate surface area is 145 Å². The van der Waals surface area contributed by atoms with Crippen molar-refractivity contribution >= 4 is 23.4 Å². The second-order valence-corrected chi connectivity index (χ2v) is 5.98. The summed E-state index contributed by atoms with van der Waals surface area (Å²) in [5.41, 5.74) is 2.72. The SMILES string of the molecule is CCOC(=O)Cc1cc2c(c(C(=O)c3ccc(Cl)cc3)c1)OCC2. The molecule has 0 aromatic heterocycles. The Hall–Kier alpha value is -2.33. The molecule has 2 aromatic carbocycles. The normalized spacial score (nSPS) is 12.4. The first-order valence-corrected chi connectivity index (χ1v) is 8.20. The minimum atomic E-state index is -0.304. The second-order valence-electron chi connectivity index (χ2n) is 5.55. The molecule has 1 aliphatic heterocycles. The fourth-order valence-corrected chi connectivity index (χ4v) is 2.91. The molecule has 2 aromatic rings. The largest absolute Gasteiger partial charge is 0.492 e. The molecule has 0 radical (unpaired) electrons. The molecule has 0 amide bonds. The van der Waals surface area contributed by atoms with Gasteiger partial charge in [0.05, 0.1) is 25.2 Å². The topological polar surface area (TPSA) is 52.6 Å². The van der Waals surface area contributed by atoms with Crippen molar-refractivity contribution in [2.45, 2.75) is 19.8 Å². The number of carbonyl (C=O) groups is 2. The van der Waals surface area contributed by atoms with Gasteiger partial charge in [-0.15, -0.1) is 0 Å². The van der Waals surface area contributed by atoms with Gasteiger partial charge < -0.3 is 9.47 Å². The number of rotatable bonds is 5. The predicted octanol–water partition coefficient (Wildman–Crippen LogP) is 3.61. The average Bonchev–Trinajstić information content (AvgIpc) is 3.02. The molecule has 124 valence electrons. The highest BCUT2D eigenvalue weighted by atomic mass is 35.5. The third kappa shape index (κ3) is 3.44. The van der Waals surface area contributed by atoms with Crippen LogP contribution in [0.1, 0.15) is 34.0 Å². The highest BCUT2D eigenvalue weighted by Gasteiger charge is 2.23. The number of hydrogen-bond acceptors (Lipinski definition) is 4. The summed E-state index contributed by atoms with van der Waals surface area (Å²) in [6, 6.07) is 10.4. The van der Waals surface area contributed by atoms with Crippen LogP contribution in [0, 0.1) is 0 Å². The zero-order valence-electron chi connectivity index (χ0n) is 13.3. The predicted molar refractivity (Wildman–Crippen MR) is 90.9 cm³/mol. The number of esters is 1. The van der Waals surface area contributed by atoms with Crippen molar-refractivity contribution < 1.29 is 19.1 Å². The molecule has 0 unspecified atom stereocenters. The van der Waals surface area contributed by atoms with E-state index < -0.39 is 0 Å². The lowest BCUT2D eigenvalue weighted by atomic mass is 9.96. The van der Waals surface area contributed by atoms with Crippen LogP contribution in [0.5, 0.6) is 5.75 Å². The molecular weight excluding hydrogens is 328 g/mol. The summed E-state index contributed by atoms with van der Waals surface area (Å²) in [7, 11) is 0. The van der Waals surface area contributed by atoms with E-state index in [4.69, 9.17) is 21.1 Å². The van der Waals surface area contributed by atoms with Gasteiger partial charge in [-0.1, -0.05) is 17.7 Å². The number of fused-ring (bicyclic) bond motifs is 1. The Morgan fingerprint density at radius 1 is 1.21 bits per heavy atom. The molecule has 1 aliphatic rings. The Morgan fingerprint density at radius 3 is 2.67 bits per heavy atom. The van der Waals surface area contributed by atoms with Crippen molar-refractivity contribution in [3.8, 4) is 5.75 Å². The molecule has 0 fully saturated rings. The maximum absolute atomic E-state index is 12.8. The second kappa shape index (κ2) is 7.05. The van der Waals surface area contributed by atoms with Crippen molar-refractivity contribution in [1.82, 2.24) is 0 Å². The quantitative estimate of drug-likeness (QED) is 0.614. The van der Waals surface area contributed by atoms with E-state index in [1.807, 2.05) is 6.07 Å². The van der Waals surface area contributed by atoms with Crippen LogP contribution in [0.3, 0.4) is 0 Å². The first-order valence-electron chi connectivity index (χ1n) is 7.83. The number of benzene rings is 2. The molecule has 24 heavy (non-hydrogen) atoms. The Kier molecular flexibility index (Phi) is 4.86. The number of carbonyl (C=O) groups excluding carboxylic acids is 2. The standard InChI is InChI=1S/C19H17ClO4/c1-2-23-17(21)11-12-9-14-7-8-24-19(14)16(10-12)18(22)13-3-5-15(20)6-4-13/h3-6,9-10H,2,7-8,11H2,1H3. The highest BCUT2D eigenvalue weighted by Crippen LogP contribution is 2.33. The van der Waals surface area contributed by atoms with Gasteiger partial charge in [-0.25, -0.2) is 0 Å². The summed E-state index contributed by atoms with van der Waals surface area (Å²) in [4.78, 5) is 24.6. The van der Waals surface area contributed by atoms with Gasteiger partial charge in [0.1, 0.15) is 5.75 Å². The highest BCUT2D eigenvalue weighted by molar-refractivity contribution is 6.30. The van der Waals surface area contributed by atoms with Crippen LogP contribution < -0.4 is 4.74 Å². The Bertz CT molecular complexity index is 781. The summed E-state index contributed by atoms with van der Waals surface area (Å²) in [5, 5.41) is 0.573. The molecular formula is C19H17ClO4. The lowest BCUT2D eigenvalue weighted by Crippen LogP contribution is -2.10. The third-order valence-electron chi connectivity index (χ3n) is 3.85. The molecule has 4 nitrogen and oxygen atoms in total. The van der Waals surface area contributed by atoms with E-state index in [1.165, 1.54) is 0 Å². The van der Waals surface area contributed by atoms with E-state index in [-0.39, 0.29) is 18.2 Å². The monoisotopic (exact) mass is 344 g/mol. The van der Waals surface area contributed by atoms with Gasteiger partial charge >= 0.3 is 5.97 Å². The van der Waals surface area contributed by atoms with Gasteiger partial charge in [-0.2, -0.15) is 0 Å². The zero-order valence-corrected chi connectivity index (χ0v) is 14.1. The average molecular weight is 345 g/mol. The molecule has 0 bridgehead atoms. The summed E-state index contributed by atoms with van der Waals surface area (Å²) >= 11 is 5.88. The van der Waals surface area contributed by atoms with E-state index in [1.54, 1.807) is 37.3 Å². The van der Waals surface area contributed by atoms with Crippen molar-refractivity contribution in [2.24, 2.45) is 0 Å². The minimum absolute atomic E-state index is 0.141. The van der Waals surface area contributed by atoms with E-state index in [2.05, 4.69) is 0 Å². The fourth-order valence-electron chi connectivity index (χ4n) is 2.78. The fraction of sp³-hybridized carbons (Fsp3) is 0.263. The Morgan fingerprint density at radius 2 is 1.96 bits per heavy atom. The number of ether oxygens (including phenoxy) is 2. The van der Waals surface area contributed by atoms with Crippen LogP contribution in [-0.4, -0.2) is 25.0 Å². The van der Waals surface area contributed by atoms with Crippen LogP contribution in [-0.2, 0) is 22.4 Å². The molecule has 0 aliphatic carbocycles. The van der Waals surface area contributed by atoms with E-state index >= 15 is 0 Å². The molecule has 0 saturated heterocycles. The van der Waals surface area contributed by atoms with Crippen molar-refractivity contribution in [3.05, 3.63) is 63.7 Å². The van der Waals surface area contributed by atoms with Crippen LogP contribution in [0.25, 0.3) is 0 Å². The lowest BCUT2D eigenvalue weighted by Gasteiger charge is -2.11. The molecule has 1 heterocycles. The van der Waals surface area contributed by atoms with E-state index in [0.29, 0.717) is 35.1 Å². The number of ketones is 1. The number of halogens is 1. The molecule has 5 heteroatoms. The van der Waals surface area contributed by atoms with Gasteiger partial charge in [0.15, 0.2) is 5.78 Å². The molecule has 0 saturated carbocycles. The van der Waals surface area contributed by atoms with Crippen molar-refractivity contribution in [3.63, 3.8) is 0 Å². The van der Waals surface area contributed by atoms with Crippen LogP contribution in [0.2, 0.25) is 5.02 Å². The van der Waals surface area contributed by atoms with E-state index in [9.17, 15) is 9.59 Å². The molecule has 0 atom stereocenters. The van der Waals surface area contributed by atoms with Gasteiger partial charge in [-0.3, -0.25) is 9.59 Å². The summed E-state index contributed by atoms with van der Waals surface area (Å²) in [6.45, 7) is 2.65. The molecule has 0 N–H and O–H groups in total. The van der Waals surface area contributed by atoms with Crippen molar-refractivity contribution in [2.75, 3.05) is 13.2 Å². The molecule has 3 rings (SSSR count). The maximum atomic E-state index is 12.8. The zero-order chi connectivity index (χ0) is 17.1. The van der Waals surface area contributed by atoms with E-state index in [0.717, 1.165) is 17.5 Å². The lowest BCUT2D eigenvalue weighted by molar-refractivity contribution is -0.142. The summed E-state index contributed by atoms with van der Waals surface area (Å²) < 4.78 is 10.6. The van der Waals surface area contributed by atoms with Crippen molar-refractivity contribution in [1.29, 1.82) is 0 Å².